The molecular formula is C37H60N9O4+. The van der Waals surface area contributed by atoms with Crippen molar-refractivity contribution in [3.05, 3.63) is 28.7 Å². The number of aromatic nitrogens is 2. The van der Waals surface area contributed by atoms with Gasteiger partial charge in [-0.3, -0.25) is 10.3 Å². The van der Waals surface area contributed by atoms with Crippen LogP contribution < -0.4 is 27.1 Å². The molecule has 1 aromatic heterocycles. The number of allylic oxidation sites excluding steroid dienone is 1. The van der Waals surface area contributed by atoms with E-state index in [4.69, 9.17) is 31.7 Å². The number of hydrogen-bond donors (Lipinski definition) is 4. The van der Waals surface area contributed by atoms with E-state index in [1.54, 1.807) is 6.20 Å². The molecule has 0 unspecified atom stereocenters. The summed E-state index contributed by atoms with van der Waals surface area (Å²) in [5.41, 5.74) is 20.3. The zero-order valence-corrected chi connectivity index (χ0v) is 30.2. The topological polar surface area (TPSA) is 187 Å². The molecule has 50 heavy (non-hydrogen) atoms. The molecule has 1 saturated heterocycles. The third-order valence-electron chi connectivity index (χ3n) is 10.5. The van der Waals surface area contributed by atoms with Crippen LogP contribution in [0.15, 0.2) is 27.5 Å². The van der Waals surface area contributed by atoms with Gasteiger partial charge in [0.1, 0.15) is 11.8 Å². The molecule has 276 valence electrons. The van der Waals surface area contributed by atoms with E-state index in [2.05, 4.69) is 26.8 Å². The third-order valence-corrected chi connectivity index (χ3v) is 10.5. The number of ether oxygens (including phenoxy) is 2. The normalized spacial score (nSPS) is 20.5. The minimum absolute atomic E-state index is 0.0678. The lowest BCUT2D eigenvalue weighted by atomic mass is 9.96. The molecule has 0 amide bonds. The number of nitrogens with one attached hydrogen (secondary N) is 1. The number of carbonyl (C=O) groups excluding carboxylic acids is 2. The van der Waals surface area contributed by atoms with Crippen LogP contribution in [0.2, 0.25) is 0 Å². The highest BCUT2D eigenvalue weighted by molar-refractivity contribution is 5.95. The summed E-state index contributed by atoms with van der Waals surface area (Å²) in [6.45, 7) is 4.25. The molecule has 0 saturated carbocycles. The van der Waals surface area contributed by atoms with Crippen molar-refractivity contribution in [2.75, 3.05) is 31.6 Å². The fourth-order valence-electron chi connectivity index (χ4n) is 7.89. The summed E-state index contributed by atoms with van der Waals surface area (Å²) in [5, 5.41) is 3.65. The van der Waals surface area contributed by atoms with E-state index in [-0.39, 0.29) is 23.9 Å². The first-order chi connectivity index (χ1) is 24.4. The van der Waals surface area contributed by atoms with E-state index in [9.17, 15) is 9.59 Å². The Morgan fingerprint density at radius 3 is 2.48 bits per heavy atom. The number of guanidine groups is 2. The third kappa shape index (κ3) is 9.87. The molecule has 0 aliphatic carbocycles. The smallest absolute Gasteiger partial charge is 0.392 e. The van der Waals surface area contributed by atoms with Crippen LogP contribution in [0.5, 0.6) is 0 Å². The Hall–Kier alpha value is -3.90. The molecule has 5 rings (SSSR count). The van der Waals surface area contributed by atoms with Crippen molar-refractivity contribution in [2.24, 2.45) is 27.2 Å². The number of fused-ring (bicyclic) bond motifs is 1. The average Bonchev–Trinajstić information content (AvgIpc) is 3.76. The van der Waals surface area contributed by atoms with Gasteiger partial charge in [-0.2, -0.15) is 0 Å². The van der Waals surface area contributed by atoms with E-state index in [1.807, 2.05) is 4.90 Å². The van der Waals surface area contributed by atoms with Gasteiger partial charge in [0.25, 0.3) is 0 Å². The van der Waals surface area contributed by atoms with E-state index < -0.39 is 0 Å². The van der Waals surface area contributed by atoms with Gasteiger partial charge < -0.3 is 31.6 Å². The van der Waals surface area contributed by atoms with Crippen LogP contribution in [0, 0.1) is 0 Å². The monoisotopic (exact) mass is 694 g/mol. The summed E-state index contributed by atoms with van der Waals surface area (Å²) in [7, 11) is 0. The molecule has 7 N–H and O–H groups in total. The molecular weight excluding hydrogens is 634 g/mol. The van der Waals surface area contributed by atoms with Gasteiger partial charge in [-0.25, -0.2) is 19.1 Å². The Kier molecular flexibility index (Phi) is 14.1. The summed E-state index contributed by atoms with van der Waals surface area (Å²) in [6, 6.07) is 0.593. The zero-order valence-electron chi connectivity index (χ0n) is 30.2. The summed E-state index contributed by atoms with van der Waals surface area (Å²) < 4.78 is 13.6. The van der Waals surface area contributed by atoms with E-state index >= 15 is 0 Å². The van der Waals surface area contributed by atoms with Gasteiger partial charge in [-0.05, 0) is 51.4 Å². The van der Waals surface area contributed by atoms with Crippen molar-refractivity contribution >= 4 is 29.8 Å². The summed E-state index contributed by atoms with van der Waals surface area (Å²) in [5.74, 6) is 0.900. The van der Waals surface area contributed by atoms with Crippen molar-refractivity contribution in [1.82, 2.24) is 9.88 Å². The van der Waals surface area contributed by atoms with Gasteiger partial charge in [0.15, 0.2) is 11.9 Å². The average molecular weight is 695 g/mol. The molecule has 5 heterocycles. The first kappa shape index (κ1) is 37.4. The molecule has 4 aliphatic heterocycles. The first-order valence-corrected chi connectivity index (χ1v) is 19.3. The van der Waals surface area contributed by atoms with Gasteiger partial charge in [0.05, 0.1) is 42.6 Å². The Morgan fingerprint density at radius 1 is 0.960 bits per heavy atom. The summed E-state index contributed by atoms with van der Waals surface area (Å²) >= 11 is 0. The second-order valence-electron chi connectivity index (χ2n) is 14.2. The van der Waals surface area contributed by atoms with Crippen molar-refractivity contribution in [3.63, 3.8) is 0 Å². The number of esters is 2. The highest BCUT2D eigenvalue weighted by Gasteiger charge is 2.41. The summed E-state index contributed by atoms with van der Waals surface area (Å²) in [4.78, 5) is 41.6. The Balaban J connectivity index is 1.01. The largest absolute Gasteiger partial charge is 0.462 e. The maximum absolute atomic E-state index is 13.2. The number of anilines is 1. The maximum Gasteiger partial charge on any atom is 0.392 e. The number of nitrogens with zero attached hydrogens (tertiary/aromatic N) is 5. The number of unbranched alkanes of at least 4 members (excludes halogenated alkanes) is 9. The molecule has 4 aliphatic rings. The van der Waals surface area contributed by atoms with Crippen LogP contribution in [0.3, 0.4) is 0 Å². The molecule has 13 nitrogen and oxygen atoms in total. The number of rotatable bonds is 21. The van der Waals surface area contributed by atoms with Crippen molar-refractivity contribution < 1.29 is 23.6 Å². The number of nitrogens with two attached hydrogens (primary N) is 3. The fourth-order valence-corrected chi connectivity index (χ4v) is 7.89. The van der Waals surface area contributed by atoms with Crippen molar-refractivity contribution in [3.8, 4) is 0 Å². The number of carbonyl (C=O) groups is 2. The molecule has 13 heteroatoms. The first-order valence-electron chi connectivity index (χ1n) is 19.3. The SMILES string of the molecule is CCCCCCC[C@@H]1C[C@@H]2CCc3c(C(=O)OCCCCCCC[C@H]4N=C(N)N5CCCC5=C4C(=O)OCCCCN=C(N)N)cnc([n+]32)N1. The van der Waals surface area contributed by atoms with Crippen molar-refractivity contribution in [1.29, 1.82) is 0 Å². The van der Waals surface area contributed by atoms with Crippen LogP contribution in [-0.2, 0) is 20.7 Å². The highest BCUT2D eigenvalue weighted by atomic mass is 16.5. The molecule has 1 fully saturated rings. The molecule has 0 bridgehead atoms. The standard InChI is InChI=1S/C37H59N9O4/c1-2-3-4-6-9-15-26-24-27-18-19-30-28(25-42-37(43-26)46(27)30)33(47)49-22-12-8-5-7-10-16-29-32(31-17-14-21-45(31)36(40)44-29)34(48)50-23-13-11-20-41-35(38)39/h25-27,29H,2-24H2,1H3,(H6,38,39,40,41,44)/p+1/t26-,27+,29-/m1/s1. The molecule has 3 atom stereocenters. The zero-order chi connectivity index (χ0) is 35.3. The molecule has 0 radical (unpaired) electrons. The van der Waals surface area contributed by atoms with Gasteiger partial charge in [0.2, 0.25) is 0 Å². The van der Waals surface area contributed by atoms with Crippen LogP contribution in [0.4, 0.5) is 5.95 Å². The van der Waals surface area contributed by atoms with Crippen LogP contribution >= 0.6 is 0 Å². The van der Waals surface area contributed by atoms with E-state index in [0.717, 1.165) is 101 Å². The predicted molar refractivity (Wildman–Crippen MR) is 194 cm³/mol. The summed E-state index contributed by atoms with van der Waals surface area (Å²) in [6.07, 6.45) is 21.0. The van der Waals surface area contributed by atoms with Gasteiger partial charge in [0, 0.05) is 31.6 Å². The minimum Gasteiger partial charge on any atom is -0.462 e. The molecule has 0 spiro atoms. The Morgan fingerprint density at radius 2 is 1.68 bits per heavy atom. The lowest BCUT2D eigenvalue weighted by Gasteiger charge is -2.30. The predicted octanol–water partition coefficient (Wildman–Crippen LogP) is 4.54. The maximum atomic E-state index is 13.2. The van der Waals surface area contributed by atoms with Gasteiger partial charge in [-0.1, -0.05) is 69.7 Å². The van der Waals surface area contributed by atoms with Gasteiger partial charge >= 0.3 is 17.9 Å². The van der Waals surface area contributed by atoms with E-state index in [0.29, 0.717) is 55.4 Å². The lowest BCUT2D eigenvalue weighted by Crippen LogP contribution is -2.50. The number of hydrogen-bond acceptors (Lipinski definition) is 10. The highest BCUT2D eigenvalue weighted by Crippen LogP contribution is 2.34. The van der Waals surface area contributed by atoms with Crippen molar-refractivity contribution in [2.45, 2.75) is 147 Å². The van der Waals surface area contributed by atoms with Gasteiger partial charge in [-0.15, -0.1) is 0 Å². The quantitative estimate of drug-likeness (QED) is 0.0468. The second-order valence-corrected chi connectivity index (χ2v) is 14.2. The lowest BCUT2D eigenvalue weighted by molar-refractivity contribution is -0.710. The number of aliphatic imine (C=N–C) groups is 2. The fraction of sp³-hybridized carbons (Fsp3) is 0.730. The Labute approximate surface area is 297 Å². The Bertz CT molecular complexity index is 1410. The van der Waals surface area contributed by atoms with E-state index in [1.165, 1.54) is 38.5 Å². The van der Waals surface area contributed by atoms with Crippen LogP contribution in [-0.4, -0.2) is 72.1 Å². The van der Waals surface area contributed by atoms with Crippen LogP contribution in [0.1, 0.15) is 145 Å². The van der Waals surface area contributed by atoms with Crippen LogP contribution in [0.25, 0.3) is 0 Å². The minimum atomic E-state index is -0.299. The second kappa shape index (κ2) is 18.9. The molecule has 1 aromatic rings. The molecule has 0 aromatic carbocycles.